The van der Waals surface area contributed by atoms with E-state index < -0.39 is 0 Å². The number of para-hydroxylation sites is 5. The highest BCUT2D eigenvalue weighted by molar-refractivity contribution is 6.30. The van der Waals surface area contributed by atoms with Crippen molar-refractivity contribution in [3.8, 4) is 22.9 Å². The van der Waals surface area contributed by atoms with Crippen LogP contribution in [-0.4, -0.2) is 23.5 Å². The third-order valence-electron chi connectivity index (χ3n) is 9.99. The molecular weight excluding hydrogens is 599 g/mol. The Morgan fingerprint density at radius 1 is 0.429 bits per heavy atom. The van der Waals surface area contributed by atoms with Crippen LogP contribution in [0.5, 0.6) is 0 Å². The second-order valence-electron chi connectivity index (χ2n) is 12.6. The molecule has 0 aliphatic heterocycles. The van der Waals surface area contributed by atoms with E-state index in [1.54, 1.807) is 0 Å². The number of nitrogens with zero attached hydrogens (tertiary/aromatic N) is 5. The molecule has 0 bridgehead atoms. The van der Waals surface area contributed by atoms with E-state index in [9.17, 15) is 0 Å². The Kier molecular flexibility index (Phi) is 5.32. The fourth-order valence-electron chi connectivity index (χ4n) is 8.00. The van der Waals surface area contributed by atoms with E-state index in [1.165, 1.54) is 27.2 Å². The highest BCUT2D eigenvalue weighted by Crippen LogP contribution is 2.45. The minimum Gasteiger partial charge on any atom is -0.308 e. The zero-order valence-electron chi connectivity index (χ0n) is 26.3. The van der Waals surface area contributed by atoms with Gasteiger partial charge in [-0.15, -0.1) is 0 Å². The summed E-state index contributed by atoms with van der Waals surface area (Å²) in [5.41, 5.74) is 10.8. The molecule has 5 heteroatoms. The van der Waals surface area contributed by atoms with Crippen LogP contribution < -0.4 is 0 Å². The van der Waals surface area contributed by atoms with Gasteiger partial charge in [-0.3, -0.25) is 8.97 Å². The molecule has 0 radical (unpaired) electrons. The molecule has 0 amide bonds. The lowest BCUT2D eigenvalue weighted by atomic mass is 10.1. The summed E-state index contributed by atoms with van der Waals surface area (Å²) in [5.74, 6) is 0.643. The van der Waals surface area contributed by atoms with Crippen molar-refractivity contribution in [1.29, 1.82) is 0 Å². The van der Waals surface area contributed by atoms with Gasteiger partial charge in [-0.25, -0.2) is 9.97 Å². The van der Waals surface area contributed by atoms with E-state index in [1.807, 2.05) is 6.07 Å². The van der Waals surface area contributed by atoms with Gasteiger partial charge < -0.3 is 4.57 Å². The molecule has 0 fully saturated rings. The average molecular weight is 626 g/mol. The lowest BCUT2D eigenvalue weighted by Gasteiger charge is -2.14. The normalized spacial score (nSPS) is 12.1. The fraction of sp³-hybridized carbons (Fsp3) is 0. The Morgan fingerprint density at radius 2 is 1.02 bits per heavy atom. The predicted molar refractivity (Wildman–Crippen MR) is 202 cm³/mol. The first-order valence-corrected chi connectivity index (χ1v) is 16.6. The molecule has 5 heterocycles. The minimum absolute atomic E-state index is 0.643. The lowest BCUT2D eigenvalue weighted by molar-refractivity contribution is 0.992. The van der Waals surface area contributed by atoms with Gasteiger partial charge in [0.1, 0.15) is 5.65 Å². The van der Waals surface area contributed by atoms with Gasteiger partial charge in [-0.1, -0.05) is 121 Å². The molecule has 11 aromatic rings. The topological polar surface area (TPSA) is 40.0 Å². The number of fused-ring (bicyclic) bond motifs is 13. The maximum absolute atomic E-state index is 5.42. The number of benzene rings is 6. The maximum atomic E-state index is 5.42. The van der Waals surface area contributed by atoms with Crippen molar-refractivity contribution >= 4 is 71.1 Å². The molecule has 5 nitrogen and oxygen atoms in total. The van der Waals surface area contributed by atoms with Crippen molar-refractivity contribution in [2.45, 2.75) is 0 Å². The van der Waals surface area contributed by atoms with Gasteiger partial charge in [0.25, 0.3) is 0 Å². The molecule has 5 aromatic heterocycles. The molecule has 228 valence electrons. The van der Waals surface area contributed by atoms with E-state index >= 15 is 0 Å². The molecular formula is C44H27N5. The largest absolute Gasteiger partial charge is 0.308 e. The standard InChI is InChI=1S/C44H27N5/c1-3-15-28(16-4-1)41-31-20-8-11-23-34(31)45-44(46-41)49-37-26-14-10-22-33(37)40-42-39(38-27-29-17-7-12-24-35(29)48(38)43(40)49)32-21-9-13-25-36(32)47(42)30-18-5-2-6-19-30/h1-27H. The first kappa shape index (κ1) is 26.4. The van der Waals surface area contributed by atoms with Gasteiger partial charge >= 0.3 is 0 Å². The monoisotopic (exact) mass is 625 g/mol. The van der Waals surface area contributed by atoms with Gasteiger partial charge in [0.2, 0.25) is 5.95 Å². The van der Waals surface area contributed by atoms with Crippen molar-refractivity contribution in [3.05, 3.63) is 164 Å². The summed E-state index contributed by atoms with van der Waals surface area (Å²) in [4.78, 5) is 10.7. The zero-order valence-corrected chi connectivity index (χ0v) is 26.3. The van der Waals surface area contributed by atoms with Crippen LogP contribution >= 0.6 is 0 Å². The van der Waals surface area contributed by atoms with Crippen molar-refractivity contribution in [2.24, 2.45) is 0 Å². The van der Waals surface area contributed by atoms with Gasteiger partial charge in [0.05, 0.1) is 44.2 Å². The summed E-state index contributed by atoms with van der Waals surface area (Å²) in [6, 6.07) is 58.0. The highest BCUT2D eigenvalue weighted by atomic mass is 15.2. The molecule has 0 aliphatic carbocycles. The van der Waals surface area contributed by atoms with Crippen molar-refractivity contribution in [2.75, 3.05) is 0 Å². The number of hydrogen-bond acceptors (Lipinski definition) is 2. The Morgan fingerprint density at radius 3 is 1.80 bits per heavy atom. The third-order valence-corrected chi connectivity index (χ3v) is 9.99. The van der Waals surface area contributed by atoms with Crippen LogP contribution in [0.1, 0.15) is 0 Å². The van der Waals surface area contributed by atoms with E-state index in [-0.39, 0.29) is 0 Å². The molecule has 0 saturated carbocycles. The molecule has 0 saturated heterocycles. The second-order valence-corrected chi connectivity index (χ2v) is 12.6. The number of rotatable bonds is 3. The van der Waals surface area contributed by atoms with Crippen molar-refractivity contribution < 1.29 is 0 Å². The Hall–Kier alpha value is -6.72. The Labute approximate surface area is 280 Å². The predicted octanol–water partition coefficient (Wildman–Crippen LogP) is 10.9. The Balaban J connectivity index is 1.44. The van der Waals surface area contributed by atoms with Crippen LogP contribution in [0.25, 0.3) is 94.0 Å². The summed E-state index contributed by atoms with van der Waals surface area (Å²) in [5, 5.41) is 6.99. The first-order chi connectivity index (χ1) is 24.3. The SMILES string of the molecule is c1ccc(-c2nc(-n3c4ccccc4c4c5c(c6ccccc6n5-c5ccccc5)c5cc6ccccc6n5c43)nc3ccccc23)cc1. The number of pyridine rings is 1. The van der Waals surface area contributed by atoms with E-state index in [2.05, 4.69) is 171 Å². The van der Waals surface area contributed by atoms with Crippen molar-refractivity contribution in [3.63, 3.8) is 0 Å². The van der Waals surface area contributed by atoms with Crippen LogP contribution in [0, 0.1) is 0 Å². The highest BCUT2D eigenvalue weighted by Gasteiger charge is 2.27. The van der Waals surface area contributed by atoms with E-state index in [4.69, 9.17) is 9.97 Å². The molecule has 0 atom stereocenters. The van der Waals surface area contributed by atoms with Crippen LogP contribution in [-0.2, 0) is 0 Å². The van der Waals surface area contributed by atoms with Gasteiger partial charge in [0, 0.05) is 38.2 Å². The summed E-state index contributed by atoms with van der Waals surface area (Å²) < 4.78 is 7.17. The van der Waals surface area contributed by atoms with Crippen LogP contribution in [0.4, 0.5) is 0 Å². The summed E-state index contributed by atoms with van der Waals surface area (Å²) >= 11 is 0. The molecule has 0 aliphatic rings. The smallest absolute Gasteiger partial charge is 0.236 e. The Bertz CT molecular complexity index is 3090. The van der Waals surface area contributed by atoms with Gasteiger partial charge in [0.15, 0.2) is 0 Å². The first-order valence-electron chi connectivity index (χ1n) is 16.6. The van der Waals surface area contributed by atoms with Crippen molar-refractivity contribution in [1.82, 2.24) is 23.5 Å². The van der Waals surface area contributed by atoms with E-state index in [0.717, 1.165) is 60.8 Å². The molecule has 49 heavy (non-hydrogen) atoms. The molecule has 0 N–H and O–H groups in total. The van der Waals surface area contributed by atoms with Crippen LogP contribution in [0.2, 0.25) is 0 Å². The quantitative estimate of drug-likeness (QED) is 0.196. The molecule has 11 rings (SSSR count). The second kappa shape index (κ2) is 9.89. The number of aromatic nitrogens is 5. The van der Waals surface area contributed by atoms with Crippen LogP contribution in [0.3, 0.4) is 0 Å². The van der Waals surface area contributed by atoms with Gasteiger partial charge in [-0.05, 0) is 42.5 Å². The van der Waals surface area contributed by atoms with Gasteiger partial charge in [-0.2, -0.15) is 0 Å². The molecule has 0 unspecified atom stereocenters. The fourth-order valence-corrected chi connectivity index (χ4v) is 8.00. The minimum atomic E-state index is 0.643. The maximum Gasteiger partial charge on any atom is 0.236 e. The molecule has 0 spiro atoms. The third kappa shape index (κ3) is 3.59. The summed E-state index contributed by atoms with van der Waals surface area (Å²) in [6.45, 7) is 0. The average Bonchev–Trinajstić information content (AvgIpc) is 3.83. The lowest BCUT2D eigenvalue weighted by Crippen LogP contribution is -2.06. The van der Waals surface area contributed by atoms with Crippen LogP contribution in [0.15, 0.2) is 164 Å². The number of hydrogen-bond donors (Lipinski definition) is 0. The van der Waals surface area contributed by atoms with E-state index in [0.29, 0.717) is 5.95 Å². The summed E-state index contributed by atoms with van der Waals surface area (Å²) in [7, 11) is 0. The zero-order chi connectivity index (χ0) is 32.1. The molecule has 6 aromatic carbocycles. The summed E-state index contributed by atoms with van der Waals surface area (Å²) in [6.07, 6.45) is 0.